The monoisotopic (exact) mass is 263 g/mol. The Hall–Kier alpha value is -1.70. The van der Waals surface area contributed by atoms with Gasteiger partial charge in [0.25, 0.3) is 0 Å². The number of rotatable bonds is 5. The highest BCUT2D eigenvalue weighted by atomic mass is 16.3. The van der Waals surface area contributed by atoms with Crippen molar-refractivity contribution in [1.29, 1.82) is 0 Å². The van der Waals surface area contributed by atoms with Crippen molar-refractivity contribution in [2.75, 3.05) is 6.54 Å². The first-order valence-corrected chi connectivity index (χ1v) is 6.90. The molecular weight excluding hydrogens is 234 g/mol. The summed E-state index contributed by atoms with van der Waals surface area (Å²) in [7, 11) is 0. The van der Waals surface area contributed by atoms with Crippen LogP contribution >= 0.6 is 0 Å². The Morgan fingerprint density at radius 1 is 1.16 bits per heavy atom. The topological polar surface area (TPSA) is 32.3 Å². The van der Waals surface area contributed by atoms with Gasteiger partial charge in [0.1, 0.15) is 0 Å². The van der Waals surface area contributed by atoms with Gasteiger partial charge in [-0.05, 0) is 18.9 Å². The largest absolute Gasteiger partial charge is 0.513 e. The van der Waals surface area contributed by atoms with Gasteiger partial charge in [-0.1, -0.05) is 70.7 Å². The van der Waals surface area contributed by atoms with E-state index < -0.39 is 0 Å². The molecule has 0 aromatic heterocycles. The molecule has 0 saturated carbocycles. The SMILES string of the molecule is C=C(C)O.C=C(NCCCC)c1ccccc1.CC. The van der Waals surface area contributed by atoms with Gasteiger partial charge in [-0.25, -0.2) is 0 Å². The van der Waals surface area contributed by atoms with Crippen molar-refractivity contribution in [2.24, 2.45) is 0 Å². The molecular formula is C17H29NO. The van der Waals surface area contributed by atoms with Crippen LogP contribution in [0.5, 0.6) is 0 Å². The number of allylic oxidation sites excluding steroid dienone is 1. The minimum atomic E-state index is 0.167. The Balaban J connectivity index is 0. The molecule has 1 rings (SSSR count). The van der Waals surface area contributed by atoms with E-state index in [4.69, 9.17) is 5.11 Å². The third kappa shape index (κ3) is 14.2. The molecule has 0 aliphatic carbocycles. The van der Waals surface area contributed by atoms with Crippen LogP contribution in [-0.4, -0.2) is 11.7 Å². The number of aliphatic hydroxyl groups excluding tert-OH is 1. The summed E-state index contributed by atoms with van der Waals surface area (Å²) in [5, 5.41) is 11.2. The lowest BCUT2D eigenvalue weighted by Gasteiger charge is -2.08. The van der Waals surface area contributed by atoms with E-state index in [1.54, 1.807) is 0 Å². The Morgan fingerprint density at radius 3 is 2.05 bits per heavy atom. The normalized spacial score (nSPS) is 8.21. The number of nitrogens with one attached hydrogen (secondary N) is 1. The molecule has 0 heterocycles. The average Bonchev–Trinajstić information content (AvgIpc) is 2.41. The molecule has 0 aliphatic heterocycles. The molecule has 0 fully saturated rings. The molecule has 2 N–H and O–H groups in total. The predicted molar refractivity (Wildman–Crippen MR) is 87.2 cm³/mol. The van der Waals surface area contributed by atoms with Crippen LogP contribution < -0.4 is 5.32 Å². The zero-order chi connectivity index (χ0) is 15.1. The summed E-state index contributed by atoms with van der Waals surface area (Å²) in [6, 6.07) is 10.2. The van der Waals surface area contributed by atoms with Gasteiger partial charge in [0.05, 0.1) is 5.76 Å². The maximum Gasteiger partial charge on any atom is 0.0820 e. The molecule has 0 radical (unpaired) electrons. The van der Waals surface area contributed by atoms with Crippen LogP contribution in [0.4, 0.5) is 0 Å². The molecule has 1 aromatic carbocycles. The molecule has 2 heteroatoms. The fourth-order valence-electron chi connectivity index (χ4n) is 1.16. The maximum absolute atomic E-state index is 7.86. The summed E-state index contributed by atoms with van der Waals surface area (Å²) < 4.78 is 0. The van der Waals surface area contributed by atoms with Gasteiger partial charge < -0.3 is 10.4 Å². The zero-order valence-corrected chi connectivity index (χ0v) is 12.9. The van der Waals surface area contributed by atoms with Gasteiger partial charge in [-0.3, -0.25) is 0 Å². The summed E-state index contributed by atoms with van der Waals surface area (Å²) in [6.45, 7) is 15.8. The second-order valence-corrected chi connectivity index (χ2v) is 3.86. The van der Waals surface area contributed by atoms with Gasteiger partial charge in [0.15, 0.2) is 0 Å². The van der Waals surface area contributed by atoms with E-state index in [0.717, 1.165) is 12.2 Å². The van der Waals surface area contributed by atoms with E-state index in [1.165, 1.54) is 25.3 Å². The van der Waals surface area contributed by atoms with Crippen molar-refractivity contribution in [3.05, 3.63) is 54.8 Å². The summed E-state index contributed by atoms with van der Waals surface area (Å²) in [5.41, 5.74) is 2.20. The molecule has 0 aliphatic rings. The summed E-state index contributed by atoms with van der Waals surface area (Å²) >= 11 is 0. The highest BCUT2D eigenvalue weighted by molar-refractivity contribution is 5.61. The Labute approximate surface area is 118 Å². The van der Waals surface area contributed by atoms with E-state index in [1.807, 2.05) is 32.0 Å². The lowest BCUT2D eigenvalue weighted by Crippen LogP contribution is -2.12. The minimum absolute atomic E-state index is 0.167. The van der Waals surface area contributed by atoms with Gasteiger partial charge in [0.2, 0.25) is 0 Å². The molecule has 0 amide bonds. The van der Waals surface area contributed by atoms with Crippen LogP contribution in [-0.2, 0) is 0 Å². The molecule has 0 unspecified atom stereocenters. The number of unbranched alkanes of at least 4 members (excludes halogenated alkanes) is 1. The van der Waals surface area contributed by atoms with Gasteiger partial charge >= 0.3 is 0 Å². The van der Waals surface area contributed by atoms with Crippen LogP contribution in [0.3, 0.4) is 0 Å². The van der Waals surface area contributed by atoms with E-state index in [-0.39, 0.29) is 5.76 Å². The Morgan fingerprint density at radius 2 is 1.63 bits per heavy atom. The smallest absolute Gasteiger partial charge is 0.0820 e. The maximum atomic E-state index is 7.86. The van der Waals surface area contributed by atoms with Crippen molar-refractivity contribution in [2.45, 2.75) is 40.5 Å². The zero-order valence-electron chi connectivity index (χ0n) is 12.9. The molecule has 0 spiro atoms. The summed E-state index contributed by atoms with van der Waals surface area (Å²) in [6.07, 6.45) is 2.42. The first-order valence-electron chi connectivity index (χ1n) is 6.90. The number of hydrogen-bond donors (Lipinski definition) is 2. The second kappa shape index (κ2) is 14.4. The van der Waals surface area contributed by atoms with Crippen LogP contribution in [0.25, 0.3) is 5.70 Å². The first kappa shape index (κ1) is 19.6. The first-order chi connectivity index (χ1) is 9.07. The Kier molecular flexibility index (Phi) is 14.8. The molecule has 108 valence electrons. The van der Waals surface area contributed by atoms with Crippen molar-refractivity contribution in [3.63, 3.8) is 0 Å². The van der Waals surface area contributed by atoms with Crippen molar-refractivity contribution in [3.8, 4) is 0 Å². The Bertz CT molecular complexity index is 326. The van der Waals surface area contributed by atoms with E-state index >= 15 is 0 Å². The van der Waals surface area contributed by atoms with Crippen molar-refractivity contribution < 1.29 is 5.11 Å². The predicted octanol–water partition coefficient (Wildman–Crippen LogP) is 5.15. The highest BCUT2D eigenvalue weighted by Gasteiger charge is 1.94. The van der Waals surface area contributed by atoms with Crippen LogP contribution in [0, 0.1) is 0 Å². The minimum Gasteiger partial charge on any atom is -0.513 e. The standard InChI is InChI=1S/C12H17N.C3H6O.C2H6/c1-3-4-10-13-11(2)12-8-6-5-7-9-12;1-3(2)4;1-2/h5-9,13H,2-4,10H2,1H3;4H,1H2,2H3;1-2H3. The van der Waals surface area contributed by atoms with Crippen LogP contribution in [0.1, 0.15) is 46.1 Å². The van der Waals surface area contributed by atoms with Gasteiger partial charge in [-0.2, -0.15) is 0 Å². The molecule has 2 nitrogen and oxygen atoms in total. The molecule has 0 saturated heterocycles. The molecule has 1 aromatic rings. The number of benzene rings is 1. The average molecular weight is 263 g/mol. The summed E-state index contributed by atoms with van der Waals surface area (Å²) in [5.74, 6) is 0.167. The van der Waals surface area contributed by atoms with E-state index in [2.05, 4.69) is 37.5 Å². The highest BCUT2D eigenvalue weighted by Crippen LogP contribution is 2.07. The molecule has 19 heavy (non-hydrogen) atoms. The fraction of sp³-hybridized carbons (Fsp3) is 0.412. The third-order valence-corrected chi connectivity index (χ3v) is 1.99. The van der Waals surface area contributed by atoms with Gasteiger partial charge in [-0.15, -0.1) is 0 Å². The third-order valence-electron chi connectivity index (χ3n) is 1.99. The quantitative estimate of drug-likeness (QED) is 0.568. The molecule has 0 bridgehead atoms. The lowest BCUT2D eigenvalue weighted by molar-refractivity contribution is 0.417. The second-order valence-electron chi connectivity index (χ2n) is 3.86. The number of hydrogen-bond acceptors (Lipinski definition) is 2. The molecule has 0 atom stereocenters. The lowest BCUT2D eigenvalue weighted by atomic mass is 10.2. The van der Waals surface area contributed by atoms with Crippen LogP contribution in [0.2, 0.25) is 0 Å². The van der Waals surface area contributed by atoms with Crippen molar-refractivity contribution in [1.82, 2.24) is 5.32 Å². The van der Waals surface area contributed by atoms with Gasteiger partial charge in [0, 0.05) is 12.2 Å². The fourth-order valence-corrected chi connectivity index (χ4v) is 1.16. The number of aliphatic hydroxyl groups is 1. The summed E-state index contributed by atoms with van der Waals surface area (Å²) in [4.78, 5) is 0. The van der Waals surface area contributed by atoms with E-state index in [0.29, 0.717) is 0 Å². The van der Waals surface area contributed by atoms with Crippen LogP contribution in [0.15, 0.2) is 49.2 Å². The van der Waals surface area contributed by atoms with E-state index in [9.17, 15) is 0 Å². The van der Waals surface area contributed by atoms with Crippen molar-refractivity contribution >= 4 is 5.70 Å².